The lowest BCUT2D eigenvalue weighted by Gasteiger charge is -2.56. The van der Waals surface area contributed by atoms with Crippen LogP contribution in [-0.4, -0.2) is 329 Å². The van der Waals surface area contributed by atoms with E-state index in [1.165, 1.54) is 7.06 Å². The molecule has 66 heavy (non-hydrogen) atoms. The van der Waals surface area contributed by atoms with E-state index in [4.69, 9.17) is 182 Å². The Morgan fingerprint density at radius 1 is 0.455 bits per heavy atom. The quantitative estimate of drug-likeness (QED) is 0.0741. The number of fused-ring (bicyclic) bond motifs is 3. The van der Waals surface area contributed by atoms with Crippen molar-refractivity contribution < 1.29 is 4.42 Å². The van der Waals surface area contributed by atoms with E-state index in [1.54, 1.807) is 6.20 Å². The van der Waals surface area contributed by atoms with Gasteiger partial charge in [0.1, 0.15) is 5.58 Å². The lowest BCUT2D eigenvalue weighted by atomic mass is 8.26. The number of rotatable bonds is 22. The van der Waals surface area contributed by atoms with Crippen LogP contribution in [0.4, 0.5) is 0 Å². The van der Waals surface area contributed by atoms with Crippen LogP contribution in [0.15, 0.2) is 57.6 Å². The van der Waals surface area contributed by atoms with Crippen molar-refractivity contribution in [3.63, 3.8) is 0 Å². The topological polar surface area (TPSA) is 38.9 Å². The van der Waals surface area contributed by atoms with Crippen molar-refractivity contribution in [1.29, 1.82) is 0 Å². The van der Waals surface area contributed by atoms with Gasteiger partial charge < -0.3 is 4.42 Å². The lowest BCUT2D eigenvalue weighted by molar-refractivity contribution is 0.653. The van der Waals surface area contributed by atoms with Gasteiger partial charge in [-0.05, 0) is 53.2 Å². The molecule has 3 aromatic heterocycles. The minimum Gasteiger partial charge on any atom is -0.437 e. The van der Waals surface area contributed by atoms with Gasteiger partial charge in [-0.1, -0.05) is 12.1 Å². The average molecular weight is 826 g/mol. The summed E-state index contributed by atoms with van der Waals surface area (Å²) in [7, 11) is 147. The molecule has 0 bridgehead atoms. The number of halogens is 1. The molecule has 4 rings (SSSR count). The zero-order valence-electron chi connectivity index (χ0n) is 37.3. The van der Waals surface area contributed by atoms with Crippen molar-refractivity contribution in [3.05, 3.63) is 58.8 Å². The summed E-state index contributed by atoms with van der Waals surface area (Å²) in [6, 6.07) is 14.1. The Hall–Kier alpha value is 0.722. The first-order valence-corrected chi connectivity index (χ1v) is 22.1. The zero-order chi connectivity index (χ0) is 50.2. The fourth-order valence-electron chi connectivity index (χ4n) is 9.95. The Balaban J connectivity index is 0.000000447. The molecule has 0 N–H and O–H groups in total. The highest BCUT2D eigenvalue weighted by atomic mass is 79.9. The number of aryl methyl sites for hydroxylation is 1. The summed E-state index contributed by atoms with van der Waals surface area (Å²) in [5.74, 6) is 0. The molecule has 0 aliphatic carbocycles. The van der Waals surface area contributed by atoms with Crippen LogP contribution in [0.5, 0.6) is 0 Å². The van der Waals surface area contributed by atoms with Gasteiger partial charge in [0.25, 0.3) is 0 Å². The maximum atomic E-state index is 6.35. The number of hydrogen-bond acceptors (Lipinski definition) is 3. The predicted octanol–water partition coefficient (Wildman–Crippen LogP) is -12.0. The van der Waals surface area contributed by atoms with Crippen LogP contribution in [0, 0.1) is 6.92 Å². The SMILES string of the molecule is Cc1ccc2c(n1)oc1c(-c3ccc(Br)cn3)cccc12.[B][B]B(B([B])[B])B(B(B([B])[B])B([B])[B])B(B(B(B([B])[B])B([B])[B])B(B([B])[B])B([B])[B])B(B(B([B])[B])B([B])[B])B(B([B])[B])B([B])[B]. The van der Waals surface area contributed by atoms with E-state index in [0.29, 0.717) is 5.71 Å². The van der Waals surface area contributed by atoms with E-state index in [1.807, 2.05) is 37.3 Å². The number of benzene rings is 1. The second-order valence-corrected chi connectivity index (χ2v) is 18.2. The van der Waals surface area contributed by atoms with Crippen LogP contribution in [0.3, 0.4) is 0 Å². The van der Waals surface area contributed by atoms with E-state index >= 15 is 0 Å². The van der Waals surface area contributed by atoms with Gasteiger partial charge in [-0.15, -0.1) is 0 Å². The molecule has 0 spiro atoms. The maximum absolute atomic E-state index is 6.35. The second-order valence-electron chi connectivity index (χ2n) is 17.3. The smallest absolute Gasteiger partial charge is 0.227 e. The summed E-state index contributed by atoms with van der Waals surface area (Å²) in [4.78, 5) is 8.93. The predicted molar refractivity (Wildman–Crippen MR) is 346 cm³/mol. The first-order chi connectivity index (χ1) is 30.7. The largest absolute Gasteiger partial charge is 0.437 e. The molecule has 0 unspecified atom stereocenters. The van der Waals surface area contributed by atoms with Crippen LogP contribution in [-0.2, 0) is 0 Å². The second kappa shape index (κ2) is 27.7. The molecule has 1 aromatic carbocycles. The van der Waals surface area contributed by atoms with E-state index in [9.17, 15) is 0 Å². The summed E-state index contributed by atoms with van der Waals surface area (Å²) >= 11 is 3.41. The van der Waals surface area contributed by atoms with Gasteiger partial charge in [0, 0.05) is 352 Å². The Bertz CT molecular complexity index is 1930. The molecule has 0 amide bonds. The number of furan rings is 1. The van der Waals surface area contributed by atoms with Gasteiger partial charge in [-0.2, -0.15) is 0 Å². The van der Waals surface area contributed by atoms with E-state index in [-0.39, 0.29) is 0 Å². The molecule has 237 valence electrons. The molecule has 0 fully saturated rings. The molecule has 3 nitrogen and oxygen atoms in total. The third-order valence-corrected chi connectivity index (χ3v) is 13.1. The first-order valence-electron chi connectivity index (χ1n) is 21.3. The third kappa shape index (κ3) is 15.1. The van der Waals surface area contributed by atoms with Crippen molar-refractivity contribution in [2.75, 3.05) is 0 Å². The van der Waals surface area contributed by atoms with Crippen molar-refractivity contribution in [2.24, 2.45) is 0 Å². The fourth-order valence-corrected chi connectivity index (χ4v) is 10.2. The highest BCUT2D eigenvalue weighted by Gasteiger charge is 2.58. The summed E-state index contributed by atoms with van der Waals surface area (Å²) < 4.78 is 6.94. The first kappa shape index (κ1) is 61.0. The van der Waals surface area contributed by atoms with E-state index in [2.05, 4.69) is 38.0 Å². The molecular weight excluding hydrogens is 815 g/mol. The fraction of sp³-hybridized carbons (Fsp3) is 0.0588. The van der Waals surface area contributed by atoms with Crippen LogP contribution in [0.1, 0.15) is 5.69 Å². The molecule has 0 saturated heterocycles. The Morgan fingerprint density at radius 2 is 0.848 bits per heavy atom. The molecule has 0 aliphatic rings. The lowest BCUT2D eigenvalue weighted by Crippen LogP contribution is -2.94. The minimum atomic E-state index is -1.27. The Morgan fingerprint density at radius 3 is 1.20 bits per heavy atom. The standard InChI is InChI=1S/C17H11BrN2O.B45/c1-10-5-7-13-12-3-2-4-14(16(12)21-17(13)20-10)15-8-6-11(18)9-19-15;1-24-36(25(2)3)42(37(26(4)5)27(6)7)45(43(38(28(8)9)29(10)11)39(30(12)13)31(14)15)44(40(32(16)17)33(18)19)41(34(20)21)35(22)23/h2-9H,1H3;. The maximum Gasteiger partial charge on any atom is 0.227 e. The highest BCUT2D eigenvalue weighted by molar-refractivity contribution is 9.10. The summed E-state index contributed by atoms with van der Waals surface area (Å²) in [6.45, 7) is 1.96. The highest BCUT2D eigenvalue weighted by Crippen LogP contribution is 2.34. The third-order valence-electron chi connectivity index (χ3n) is 12.6. The molecule has 3 heterocycles. The van der Waals surface area contributed by atoms with Crippen molar-refractivity contribution >= 4 is 357 Å². The Labute approximate surface area is 444 Å². The zero-order valence-corrected chi connectivity index (χ0v) is 38.9. The molecule has 0 saturated carbocycles. The molecule has 49 heteroatoms. The monoisotopic (exact) mass is 833 g/mol. The van der Waals surface area contributed by atoms with Gasteiger partial charge in [0.2, 0.25) is 5.71 Å². The summed E-state index contributed by atoms with van der Waals surface area (Å²) in [5, 5.41) is 2.11. The summed E-state index contributed by atoms with van der Waals surface area (Å²) in [5.41, 5.74) is 4.33. The van der Waals surface area contributed by atoms with Crippen molar-refractivity contribution in [1.82, 2.24) is 9.97 Å². The van der Waals surface area contributed by atoms with Gasteiger partial charge in [0.05, 0.1) is 5.69 Å². The minimum absolute atomic E-state index is 0.676. The van der Waals surface area contributed by atoms with E-state index < -0.39 is 134 Å². The van der Waals surface area contributed by atoms with Gasteiger partial charge in [0.15, 0.2) is 0 Å². The van der Waals surface area contributed by atoms with E-state index in [0.717, 1.165) is 37.8 Å². The van der Waals surface area contributed by atoms with Crippen LogP contribution >= 0.6 is 15.9 Å². The van der Waals surface area contributed by atoms with Crippen LogP contribution in [0.25, 0.3) is 33.3 Å². The number of pyridine rings is 2. The van der Waals surface area contributed by atoms with Gasteiger partial charge in [-0.25, -0.2) is 4.98 Å². The van der Waals surface area contributed by atoms with Crippen LogP contribution < -0.4 is 0 Å². The molecule has 47 radical (unpaired) electrons. The molecule has 4 aromatic rings. The van der Waals surface area contributed by atoms with Gasteiger partial charge >= 0.3 is 0 Å². The van der Waals surface area contributed by atoms with Crippen molar-refractivity contribution in [2.45, 2.75) is 6.92 Å². The number of aromatic nitrogens is 2. The number of para-hydroxylation sites is 1. The van der Waals surface area contributed by atoms with Crippen LogP contribution in [0.2, 0.25) is 0 Å². The molecule has 0 atom stereocenters. The van der Waals surface area contributed by atoms with Crippen molar-refractivity contribution in [3.8, 4) is 11.3 Å². The number of nitrogens with zero attached hydrogens (tertiary/aromatic N) is 2. The number of hydrogen-bond donors (Lipinski definition) is 0. The average Bonchev–Trinajstić information content (AvgIpc) is 3.55. The Kier molecular flexibility index (Phi) is 25.6. The summed E-state index contributed by atoms with van der Waals surface area (Å²) in [6.07, 6.45) is -23.1. The van der Waals surface area contributed by atoms with Gasteiger partial charge in [-0.3, -0.25) is 4.98 Å². The normalized spacial score (nSPS) is 10.2. The molecular formula is C17H11B45BrN2O. The molecule has 0 aliphatic heterocycles.